The molecule has 2 amide bonds. The Bertz CT molecular complexity index is 546. The molecule has 3 unspecified atom stereocenters. The predicted molar refractivity (Wildman–Crippen MR) is 79.8 cm³/mol. The number of nitrogens with one attached hydrogen (secondary N) is 2. The van der Waals surface area contributed by atoms with Gasteiger partial charge in [-0.15, -0.1) is 0 Å². The Morgan fingerprint density at radius 3 is 2.43 bits per heavy atom. The average Bonchev–Trinajstić information content (AvgIpc) is 2.46. The Morgan fingerprint density at radius 1 is 1.35 bits per heavy atom. The number of hydrogen-bond donors (Lipinski definition) is 3. The number of rotatable bonds is 4. The molecule has 23 heavy (non-hydrogen) atoms. The third kappa shape index (κ3) is 4.16. The molecule has 4 nitrogen and oxygen atoms in total. The van der Waals surface area contributed by atoms with Gasteiger partial charge < -0.3 is 15.7 Å². The lowest BCUT2D eigenvalue weighted by Crippen LogP contribution is -2.63. The molecule has 7 heteroatoms. The summed E-state index contributed by atoms with van der Waals surface area (Å²) in [5, 5.41) is 14.1. The summed E-state index contributed by atoms with van der Waals surface area (Å²) >= 11 is 0. The maximum absolute atomic E-state index is 13.1. The fraction of sp³-hybridized carbons (Fsp3) is 0.562. The quantitative estimate of drug-likeness (QED) is 0.795. The van der Waals surface area contributed by atoms with Crippen LogP contribution in [0.4, 0.5) is 18.0 Å². The first-order valence-corrected chi connectivity index (χ1v) is 7.46. The van der Waals surface area contributed by atoms with Gasteiger partial charge in [-0.25, -0.2) is 4.79 Å². The van der Waals surface area contributed by atoms with Crippen LogP contribution in [-0.4, -0.2) is 35.5 Å². The molecular formula is C16H21F3N2O2. The molecule has 1 aromatic rings. The Hall–Kier alpha value is -1.76. The van der Waals surface area contributed by atoms with E-state index in [0.717, 1.165) is 0 Å². The summed E-state index contributed by atoms with van der Waals surface area (Å²) in [5.74, 6) is 0. The van der Waals surface area contributed by atoms with Gasteiger partial charge in [0.1, 0.15) is 6.04 Å². The van der Waals surface area contributed by atoms with Crippen LogP contribution in [0, 0.1) is 5.41 Å². The van der Waals surface area contributed by atoms with E-state index in [2.05, 4.69) is 5.32 Å². The highest BCUT2D eigenvalue weighted by molar-refractivity contribution is 5.75. The molecule has 0 aliphatic heterocycles. The Balaban J connectivity index is 1.97. The van der Waals surface area contributed by atoms with Crippen molar-refractivity contribution < 1.29 is 23.1 Å². The minimum absolute atomic E-state index is 0.325. The molecule has 3 atom stereocenters. The zero-order valence-corrected chi connectivity index (χ0v) is 13.0. The standard InChI is InChI=1S/C16H21F3N2O2/c1-15(2)11(9-13(15)22)20-14(23)21-12(16(17,18)19)8-10-6-4-3-5-7-10/h3-7,11-13,22H,8-9H2,1-2H3,(H2,20,21,23). The van der Waals surface area contributed by atoms with E-state index >= 15 is 0 Å². The summed E-state index contributed by atoms with van der Waals surface area (Å²) in [6, 6.07) is 5.03. The van der Waals surface area contributed by atoms with Crippen LogP contribution in [-0.2, 0) is 6.42 Å². The van der Waals surface area contributed by atoms with Crippen molar-refractivity contribution in [3.05, 3.63) is 35.9 Å². The van der Waals surface area contributed by atoms with Crippen molar-refractivity contribution in [2.75, 3.05) is 0 Å². The summed E-state index contributed by atoms with van der Waals surface area (Å²) in [7, 11) is 0. The number of aliphatic hydroxyl groups is 1. The fourth-order valence-corrected chi connectivity index (χ4v) is 2.60. The zero-order chi connectivity index (χ0) is 17.3. The van der Waals surface area contributed by atoms with Crippen molar-refractivity contribution in [3.8, 4) is 0 Å². The van der Waals surface area contributed by atoms with Crippen LogP contribution in [0.5, 0.6) is 0 Å². The number of benzene rings is 1. The molecule has 0 radical (unpaired) electrons. The van der Waals surface area contributed by atoms with E-state index in [-0.39, 0.29) is 12.5 Å². The van der Waals surface area contributed by atoms with Gasteiger partial charge in [0.25, 0.3) is 0 Å². The van der Waals surface area contributed by atoms with E-state index in [1.165, 1.54) is 0 Å². The van der Waals surface area contributed by atoms with Gasteiger partial charge in [-0.1, -0.05) is 44.2 Å². The number of hydrogen-bond acceptors (Lipinski definition) is 2. The minimum Gasteiger partial charge on any atom is -0.392 e. The van der Waals surface area contributed by atoms with E-state index < -0.39 is 29.8 Å². The second-order valence-corrected chi connectivity index (χ2v) is 6.53. The largest absolute Gasteiger partial charge is 0.408 e. The van der Waals surface area contributed by atoms with E-state index in [9.17, 15) is 23.1 Å². The Kier molecular flexibility index (Phi) is 4.89. The molecular weight excluding hydrogens is 309 g/mol. The van der Waals surface area contributed by atoms with Gasteiger partial charge >= 0.3 is 12.2 Å². The molecule has 1 fully saturated rings. The summed E-state index contributed by atoms with van der Waals surface area (Å²) in [5.41, 5.74) is -0.0423. The fourth-order valence-electron chi connectivity index (χ4n) is 2.60. The molecule has 3 N–H and O–H groups in total. The van der Waals surface area contributed by atoms with E-state index in [1.54, 1.807) is 44.2 Å². The highest BCUT2D eigenvalue weighted by Crippen LogP contribution is 2.40. The van der Waals surface area contributed by atoms with Crippen LogP contribution >= 0.6 is 0 Å². The van der Waals surface area contributed by atoms with Crippen LogP contribution in [0.3, 0.4) is 0 Å². The topological polar surface area (TPSA) is 61.4 Å². The lowest BCUT2D eigenvalue weighted by molar-refractivity contribution is -0.153. The number of alkyl halides is 3. The molecule has 0 saturated heterocycles. The van der Waals surface area contributed by atoms with E-state index in [0.29, 0.717) is 12.0 Å². The SMILES string of the molecule is CC1(C)C(O)CC1NC(=O)NC(Cc1ccccc1)C(F)(F)F. The maximum atomic E-state index is 13.1. The van der Waals surface area contributed by atoms with Gasteiger partial charge in [-0.2, -0.15) is 13.2 Å². The molecule has 1 aliphatic rings. The van der Waals surface area contributed by atoms with Gasteiger partial charge in [-0.05, 0) is 12.0 Å². The molecule has 1 aliphatic carbocycles. The monoisotopic (exact) mass is 330 g/mol. The minimum atomic E-state index is -4.54. The highest BCUT2D eigenvalue weighted by Gasteiger charge is 2.48. The lowest BCUT2D eigenvalue weighted by Gasteiger charge is -2.49. The zero-order valence-electron chi connectivity index (χ0n) is 13.0. The second kappa shape index (κ2) is 6.39. The van der Waals surface area contributed by atoms with Crippen LogP contribution in [0.15, 0.2) is 30.3 Å². The van der Waals surface area contributed by atoms with Crippen molar-refractivity contribution in [1.29, 1.82) is 0 Å². The Morgan fingerprint density at radius 2 is 1.96 bits per heavy atom. The van der Waals surface area contributed by atoms with Crippen molar-refractivity contribution in [2.45, 2.75) is 51.1 Å². The van der Waals surface area contributed by atoms with Crippen molar-refractivity contribution in [1.82, 2.24) is 10.6 Å². The number of urea groups is 1. The van der Waals surface area contributed by atoms with Gasteiger partial charge in [0.15, 0.2) is 0 Å². The van der Waals surface area contributed by atoms with Gasteiger partial charge in [0.05, 0.1) is 6.10 Å². The van der Waals surface area contributed by atoms with Crippen LogP contribution in [0.1, 0.15) is 25.8 Å². The first-order valence-electron chi connectivity index (χ1n) is 7.46. The summed E-state index contributed by atoms with van der Waals surface area (Å²) < 4.78 is 39.4. The normalized spacial score (nSPS) is 24.4. The first kappa shape index (κ1) is 17.6. The van der Waals surface area contributed by atoms with Crippen molar-refractivity contribution in [2.24, 2.45) is 5.41 Å². The van der Waals surface area contributed by atoms with E-state index in [4.69, 9.17) is 0 Å². The summed E-state index contributed by atoms with van der Waals surface area (Å²) in [6.07, 6.45) is -5.08. The molecule has 0 bridgehead atoms. The molecule has 128 valence electrons. The second-order valence-electron chi connectivity index (χ2n) is 6.53. The third-order valence-corrected chi connectivity index (χ3v) is 4.50. The van der Waals surface area contributed by atoms with E-state index in [1.807, 2.05) is 5.32 Å². The molecule has 0 spiro atoms. The number of carbonyl (C=O) groups excluding carboxylic acids is 1. The van der Waals surface area contributed by atoms with Crippen LogP contribution in [0.2, 0.25) is 0 Å². The van der Waals surface area contributed by atoms with Gasteiger partial charge in [0.2, 0.25) is 0 Å². The number of amides is 2. The maximum Gasteiger partial charge on any atom is 0.408 e. The van der Waals surface area contributed by atoms with Gasteiger partial charge in [-0.3, -0.25) is 0 Å². The van der Waals surface area contributed by atoms with Gasteiger partial charge in [0, 0.05) is 17.9 Å². The predicted octanol–water partition coefficient (Wildman–Crippen LogP) is 2.62. The average molecular weight is 330 g/mol. The molecule has 1 aromatic carbocycles. The molecule has 1 saturated carbocycles. The summed E-state index contributed by atoms with van der Waals surface area (Å²) in [4.78, 5) is 11.9. The summed E-state index contributed by atoms with van der Waals surface area (Å²) in [6.45, 7) is 3.52. The number of halogens is 3. The third-order valence-electron chi connectivity index (χ3n) is 4.50. The number of aliphatic hydroxyl groups excluding tert-OH is 1. The lowest BCUT2D eigenvalue weighted by atomic mass is 9.65. The first-order chi connectivity index (χ1) is 10.6. The number of carbonyl (C=O) groups is 1. The highest BCUT2D eigenvalue weighted by atomic mass is 19.4. The smallest absolute Gasteiger partial charge is 0.392 e. The molecule has 0 aromatic heterocycles. The van der Waals surface area contributed by atoms with Crippen LogP contribution in [0.25, 0.3) is 0 Å². The van der Waals surface area contributed by atoms with Crippen molar-refractivity contribution in [3.63, 3.8) is 0 Å². The molecule has 2 rings (SSSR count). The van der Waals surface area contributed by atoms with Crippen molar-refractivity contribution >= 4 is 6.03 Å². The Labute approximate surface area is 133 Å². The molecule has 0 heterocycles. The van der Waals surface area contributed by atoms with Crippen LogP contribution < -0.4 is 10.6 Å².